The van der Waals surface area contributed by atoms with Crippen LogP contribution in [0.1, 0.15) is 30.5 Å². The van der Waals surface area contributed by atoms with Crippen molar-refractivity contribution in [3.8, 4) is 5.75 Å². The molecule has 1 N–H and O–H groups in total. The standard InChI is InChI=1S/C28H36N2O4S/c1-5-29(6-2)19-20-30(35(4,32)33)26-17-15-25(16-18-26)28(31,24-12-8-7-9-13-24)22-23-11-10-14-27(21-23)34-3/h7-18,21,31H,5-6,19-20,22H2,1-4H3. The summed E-state index contributed by atoms with van der Waals surface area (Å²) in [6.07, 6.45) is 1.57. The molecule has 0 aliphatic heterocycles. The predicted octanol–water partition coefficient (Wildman–Crippen LogP) is 4.28. The summed E-state index contributed by atoms with van der Waals surface area (Å²) in [5.74, 6) is 0.727. The highest BCUT2D eigenvalue weighted by Crippen LogP contribution is 2.35. The zero-order valence-corrected chi connectivity index (χ0v) is 21.8. The highest BCUT2D eigenvalue weighted by molar-refractivity contribution is 7.92. The Labute approximate surface area is 209 Å². The number of anilines is 1. The van der Waals surface area contributed by atoms with Gasteiger partial charge in [-0.1, -0.05) is 68.4 Å². The number of hydrogen-bond acceptors (Lipinski definition) is 5. The number of sulfonamides is 1. The van der Waals surface area contributed by atoms with E-state index in [1.807, 2.05) is 66.7 Å². The molecule has 7 heteroatoms. The van der Waals surface area contributed by atoms with Crippen LogP contribution in [0.3, 0.4) is 0 Å². The zero-order chi connectivity index (χ0) is 25.5. The molecule has 0 aliphatic carbocycles. The maximum Gasteiger partial charge on any atom is 0.232 e. The van der Waals surface area contributed by atoms with Crippen molar-refractivity contribution in [3.05, 3.63) is 95.6 Å². The maximum atomic E-state index is 12.6. The predicted molar refractivity (Wildman–Crippen MR) is 143 cm³/mol. The third-order valence-corrected chi connectivity index (χ3v) is 7.59. The van der Waals surface area contributed by atoms with Gasteiger partial charge in [0.25, 0.3) is 0 Å². The minimum absolute atomic E-state index is 0.339. The summed E-state index contributed by atoms with van der Waals surface area (Å²) in [7, 11) is -1.84. The first-order valence-corrected chi connectivity index (χ1v) is 13.8. The van der Waals surface area contributed by atoms with Gasteiger partial charge in [-0.25, -0.2) is 8.42 Å². The highest BCUT2D eigenvalue weighted by atomic mass is 32.2. The third kappa shape index (κ3) is 6.63. The van der Waals surface area contributed by atoms with E-state index in [1.54, 1.807) is 19.2 Å². The number of methoxy groups -OCH3 is 1. The molecule has 0 fully saturated rings. The van der Waals surface area contributed by atoms with E-state index >= 15 is 0 Å². The fourth-order valence-electron chi connectivity index (χ4n) is 4.32. The minimum atomic E-state index is -3.46. The average Bonchev–Trinajstić information content (AvgIpc) is 2.86. The monoisotopic (exact) mass is 496 g/mol. The van der Waals surface area contributed by atoms with E-state index in [4.69, 9.17) is 4.74 Å². The Kier molecular flexibility index (Phi) is 8.94. The normalized spacial score (nSPS) is 13.4. The van der Waals surface area contributed by atoms with Gasteiger partial charge >= 0.3 is 0 Å². The molecule has 0 bridgehead atoms. The first-order chi connectivity index (χ1) is 16.7. The smallest absolute Gasteiger partial charge is 0.232 e. The summed E-state index contributed by atoms with van der Waals surface area (Å²) >= 11 is 0. The van der Waals surface area contributed by atoms with Crippen molar-refractivity contribution >= 4 is 15.7 Å². The van der Waals surface area contributed by atoms with Crippen molar-refractivity contribution in [2.75, 3.05) is 43.8 Å². The third-order valence-electron chi connectivity index (χ3n) is 6.39. The second-order valence-corrected chi connectivity index (χ2v) is 10.6. The molecular formula is C28H36N2O4S. The molecule has 0 saturated heterocycles. The summed E-state index contributed by atoms with van der Waals surface area (Å²) in [6.45, 7) is 6.87. The second kappa shape index (κ2) is 11.7. The molecule has 0 spiro atoms. The molecule has 1 unspecified atom stereocenters. The van der Waals surface area contributed by atoms with Gasteiger partial charge in [0.05, 0.1) is 19.1 Å². The lowest BCUT2D eigenvalue weighted by molar-refractivity contribution is 0.0811. The molecule has 188 valence electrons. The van der Waals surface area contributed by atoms with E-state index < -0.39 is 15.6 Å². The molecule has 35 heavy (non-hydrogen) atoms. The Morgan fingerprint density at radius 1 is 0.857 bits per heavy atom. The lowest BCUT2D eigenvalue weighted by Crippen LogP contribution is -2.38. The van der Waals surface area contributed by atoms with E-state index in [0.717, 1.165) is 30.0 Å². The molecule has 3 aromatic carbocycles. The van der Waals surface area contributed by atoms with Crippen molar-refractivity contribution in [2.45, 2.75) is 25.9 Å². The number of likely N-dealkylation sites (N-methyl/N-ethyl adjacent to an activating group) is 1. The largest absolute Gasteiger partial charge is 0.497 e. The van der Waals surface area contributed by atoms with E-state index in [1.165, 1.54) is 10.6 Å². The second-order valence-electron chi connectivity index (χ2n) is 8.66. The van der Waals surface area contributed by atoms with E-state index in [0.29, 0.717) is 30.8 Å². The summed E-state index contributed by atoms with van der Waals surface area (Å²) in [5, 5.41) is 12.0. The maximum absolute atomic E-state index is 12.6. The number of ether oxygens (including phenoxy) is 1. The first kappa shape index (κ1) is 26.7. The average molecular weight is 497 g/mol. The van der Waals surface area contributed by atoms with Crippen LogP contribution in [0.2, 0.25) is 0 Å². The molecule has 3 aromatic rings. The van der Waals surface area contributed by atoms with E-state index in [9.17, 15) is 13.5 Å². The summed E-state index contributed by atoms with van der Waals surface area (Å²) in [6, 6.07) is 24.4. The topological polar surface area (TPSA) is 70.1 Å². The van der Waals surface area contributed by atoms with Crippen LogP contribution in [0, 0.1) is 0 Å². The van der Waals surface area contributed by atoms with E-state index in [-0.39, 0.29) is 0 Å². The molecule has 0 amide bonds. The number of hydrogen-bond donors (Lipinski definition) is 1. The van der Waals surface area contributed by atoms with E-state index in [2.05, 4.69) is 18.7 Å². The minimum Gasteiger partial charge on any atom is -0.497 e. The van der Waals surface area contributed by atoms with Crippen molar-refractivity contribution < 1.29 is 18.3 Å². The number of benzene rings is 3. The van der Waals surface area contributed by atoms with Gasteiger partial charge in [-0.2, -0.15) is 0 Å². The van der Waals surface area contributed by atoms with Gasteiger partial charge in [-0.05, 0) is 54.0 Å². The van der Waals surface area contributed by atoms with Crippen LogP contribution in [-0.2, 0) is 22.0 Å². The lowest BCUT2D eigenvalue weighted by atomic mass is 9.81. The molecule has 3 rings (SSSR count). The van der Waals surface area contributed by atoms with Gasteiger partial charge in [0.1, 0.15) is 11.4 Å². The van der Waals surface area contributed by atoms with Crippen molar-refractivity contribution in [2.24, 2.45) is 0 Å². The van der Waals surface area contributed by atoms with Crippen LogP contribution in [0.25, 0.3) is 0 Å². The van der Waals surface area contributed by atoms with Gasteiger partial charge in [-0.15, -0.1) is 0 Å². The van der Waals surface area contributed by atoms with Gasteiger partial charge in [0, 0.05) is 19.5 Å². The van der Waals surface area contributed by atoms with Crippen LogP contribution in [0.5, 0.6) is 5.75 Å². The van der Waals surface area contributed by atoms with Crippen molar-refractivity contribution in [1.82, 2.24) is 4.90 Å². The molecule has 0 radical (unpaired) electrons. The highest BCUT2D eigenvalue weighted by Gasteiger charge is 2.32. The number of rotatable bonds is 12. The SMILES string of the molecule is CCN(CC)CCN(c1ccc(C(O)(Cc2cccc(OC)c2)c2ccccc2)cc1)S(C)(=O)=O. The fraction of sp³-hybridized carbons (Fsp3) is 0.357. The van der Waals surface area contributed by atoms with Gasteiger partial charge < -0.3 is 14.7 Å². The summed E-state index contributed by atoms with van der Waals surface area (Å²) < 4.78 is 31.9. The van der Waals surface area contributed by atoms with Gasteiger partial charge in [-0.3, -0.25) is 4.31 Å². The molecule has 0 aliphatic rings. The van der Waals surface area contributed by atoms with Crippen LogP contribution in [0.15, 0.2) is 78.9 Å². The lowest BCUT2D eigenvalue weighted by Gasteiger charge is -2.31. The van der Waals surface area contributed by atoms with Gasteiger partial charge in [0.2, 0.25) is 10.0 Å². The van der Waals surface area contributed by atoms with Crippen LogP contribution in [0.4, 0.5) is 5.69 Å². The Morgan fingerprint density at radius 3 is 2.06 bits per heavy atom. The Bertz CT molecular complexity index is 1180. The molecule has 0 aromatic heterocycles. The van der Waals surface area contributed by atoms with Crippen LogP contribution >= 0.6 is 0 Å². The molecule has 1 atom stereocenters. The molecule has 0 saturated carbocycles. The Balaban J connectivity index is 1.97. The molecule has 6 nitrogen and oxygen atoms in total. The number of aliphatic hydroxyl groups is 1. The summed E-state index contributed by atoms with van der Waals surface area (Å²) in [4.78, 5) is 2.19. The zero-order valence-electron chi connectivity index (χ0n) is 21.0. The first-order valence-electron chi connectivity index (χ1n) is 11.9. The number of nitrogens with zero attached hydrogens (tertiary/aromatic N) is 2. The Morgan fingerprint density at radius 2 is 1.49 bits per heavy atom. The quantitative estimate of drug-likeness (QED) is 0.405. The fourth-order valence-corrected chi connectivity index (χ4v) is 5.24. The molecule has 0 heterocycles. The van der Waals surface area contributed by atoms with Crippen LogP contribution in [-0.4, -0.2) is 58.0 Å². The van der Waals surface area contributed by atoms with Crippen LogP contribution < -0.4 is 9.04 Å². The summed E-state index contributed by atoms with van der Waals surface area (Å²) in [5.41, 5.74) is 1.66. The van der Waals surface area contributed by atoms with Crippen molar-refractivity contribution in [1.29, 1.82) is 0 Å². The Hall–Kier alpha value is -2.87. The van der Waals surface area contributed by atoms with Gasteiger partial charge in [0.15, 0.2) is 0 Å². The molecular weight excluding hydrogens is 460 g/mol. The van der Waals surface area contributed by atoms with Crippen molar-refractivity contribution in [3.63, 3.8) is 0 Å².